The lowest BCUT2D eigenvalue weighted by molar-refractivity contribution is 0.201. The molecule has 0 spiro atoms. The minimum Gasteiger partial charge on any atom is -0.392 e. The molecule has 0 aromatic heterocycles. The number of aliphatic hydroxyl groups excluding tert-OH is 1. The maximum atomic E-state index is 8.55. The molecule has 0 fully saturated rings. The average Bonchev–Trinajstić information content (AvgIpc) is 1.61. The molecule has 0 aliphatic rings. The van der Waals surface area contributed by atoms with Crippen LogP contribution in [0.4, 0.5) is 0 Å². The molecule has 0 radical (unpaired) electrons. The van der Waals surface area contributed by atoms with E-state index in [0.29, 0.717) is 6.42 Å². The maximum Gasteiger partial charge on any atom is 0.0621 e. The van der Waals surface area contributed by atoms with E-state index in [-0.39, 0.29) is 6.10 Å². The Morgan fingerprint density at radius 3 is 2.57 bits per heavy atom. The Hall–Kier alpha value is -0.130. The first-order valence-electron chi connectivity index (χ1n) is 2.07. The van der Waals surface area contributed by atoms with Crippen LogP contribution in [0.3, 0.4) is 0 Å². The summed E-state index contributed by atoms with van der Waals surface area (Å²) in [5.41, 5.74) is 0. The highest BCUT2D eigenvalue weighted by atomic mass is 32.1. The molecule has 0 amide bonds. The summed E-state index contributed by atoms with van der Waals surface area (Å²) in [7, 11) is 0. The molecule has 1 atom stereocenters. The van der Waals surface area contributed by atoms with Gasteiger partial charge < -0.3 is 5.11 Å². The van der Waals surface area contributed by atoms with Crippen LogP contribution in [0.25, 0.3) is 0 Å². The number of rotatable bonds is 1. The Balaban J connectivity index is 3.08. The first kappa shape index (κ1) is 6.87. The van der Waals surface area contributed by atoms with Gasteiger partial charge in [-0.1, -0.05) is 18.5 Å². The van der Waals surface area contributed by atoms with Gasteiger partial charge in [0.25, 0.3) is 0 Å². The molecule has 0 heterocycles. The third-order valence-corrected chi connectivity index (χ3v) is 0.635. The summed E-state index contributed by atoms with van der Waals surface area (Å²) >= 11 is 3.62. The van der Waals surface area contributed by atoms with Crippen LogP contribution in [0.15, 0.2) is 0 Å². The van der Waals surface area contributed by atoms with Crippen LogP contribution in [0, 0.1) is 11.2 Å². The minimum atomic E-state index is -0.320. The van der Waals surface area contributed by atoms with E-state index < -0.39 is 0 Å². The Morgan fingerprint density at radius 1 is 1.86 bits per heavy atom. The van der Waals surface area contributed by atoms with Crippen molar-refractivity contribution in [3.8, 4) is 11.2 Å². The maximum absolute atomic E-state index is 8.55. The lowest BCUT2D eigenvalue weighted by Gasteiger charge is -1.90. The zero-order chi connectivity index (χ0) is 5.70. The molecular formula is C5H8OS. The summed E-state index contributed by atoms with van der Waals surface area (Å²) in [5.74, 6) is 2.61. The van der Waals surface area contributed by atoms with Crippen LogP contribution >= 0.6 is 12.6 Å². The van der Waals surface area contributed by atoms with Gasteiger partial charge in [-0.3, -0.25) is 0 Å². The first-order chi connectivity index (χ1) is 3.27. The third kappa shape index (κ3) is 5.87. The van der Waals surface area contributed by atoms with Crippen LogP contribution in [0.5, 0.6) is 0 Å². The first-order valence-corrected chi connectivity index (χ1v) is 2.52. The lowest BCUT2D eigenvalue weighted by atomic mass is 10.3. The number of thiol groups is 1. The van der Waals surface area contributed by atoms with E-state index in [4.69, 9.17) is 5.11 Å². The number of aliphatic hydroxyl groups is 1. The fourth-order valence-corrected chi connectivity index (χ4v) is 0.285. The standard InChI is InChI=1S/C5H8OS/c1-5(6)3-2-4-7/h5-7H,3H2,1H3. The molecule has 1 unspecified atom stereocenters. The molecule has 0 aromatic carbocycles. The summed E-state index contributed by atoms with van der Waals surface area (Å²) in [6.07, 6.45) is 0.198. The third-order valence-electron chi connectivity index (χ3n) is 0.477. The highest BCUT2D eigenvalue weighted by molar-refractivity contribution is 7.85. The smallest absolute Gasteiger partial charge is 0.0621 e. The van der Waals surface area contributed by atoms with Gasteiger partial charge in [-0.05, 0) is 12.2 Å². The van der Waals surface area contributed by atoms with Crippen LogP contribution in [0.1, 0.15) is 13.3 Å². The van der Waals surface area contributed by atoms with Crippen LogP contribution < -0.4 is 0 Å². The van der Waals surface area contributed by atoms with Crippen LogP contribution in [-0.4, -0.2) is 11.2 Å². The van der Waals surface area contributed by atoms with Crippen molar-refractivity contribution in [2.75, 3.05) is 0 Å². The fraction of sp³-hybridized carbons (Fsp3) is 0.600. The van der Waals surface area contributed by atoms with Crippen molar-refractivity contribution in [2.45, 2.75) is 19.4 Å². The second kappa shape index (κ2) is 4.04. The molecular weight excluding hydrogens is 108 g/mol. The second-order valence-corrected chi connectivity index (χ2v) is 1.57. The highest BCUT2D eigenvalue weighted by Gasteiger charge is 1.85. The zero-order valence-electron chi connectivity index (χ0n) is 4.18. The van der Waals surface area contributed by atoms with Gasteiger partial charge in [-0.2, -0.15) is 0 Å². The van der Waals surface area contributed by atoms with Gasteiger partial charge in [0.05, 0.1) is 6.10 Å². The quantitative estimate of drug-likeness (QED) is 0.380. The summed E-state index contributed by atoms with van der Waals surface area (Å²) in [4.78, 5) is 0. The SMILES string of the molecule is CC(O)CC#CS. The van der Waals surface area contributed by atoms with Gasteiger partial charge in [0.15, 0.2) is 0 Å². The molecule has 0 saturated carbocycles. The van der Waals surface area contributed by atoms with Crippen molar-refractivity contribution in [1.82, 2.24) is 0 Å². The van der Waals surface area contributed by atoms with Crippen LogP contribution in [-0.2, 0) is 0 Å². The molecule has 7 heavy (non-hydrogen) atoms. The van der Waals surface area contributed by atoms with Gasteiger partial charge in [0.2, 0.25) is 0 Å². The molecule has 2 heteroatoms. The Labute approximate surface area is 49.1 Å². The molecule has 1 N–H and O–H groups in total. The van der Waals surface area contributed by atoms with Crippen molar-refractivity contribution in [3.63, 3.8) is 0 Å². The molecule has 0 rings (SSSR count). The largest absolute Gasteiger partial charge is 0.392 e. The van der Waals surface area contributed by atoms with E-state index in [1.54, 1.807) is 6.92 Å². The predicted molar refractivity (Wildman–Crippen MR) is 33.1 cm³/mol. The summed E-state index contributed by atoms with van der Waals surface area (Å²) in [5, 5.41) is 10.9. The Morgan fingerprint density at radius 2 is 2.43 bits per heavy atom. The van der Waals surface area contributed by atoms with E-state index >= 15 is 0 Å². The van der Waals surface area contributed by atoms with Gasteiger partial charge >= 0.3 is 0 Å². The normalized spacial score (nSPS) is 11.9. The van der Waals surface area contributed by atoms with Gasteiger partial charge in [-0.15, -0.1) is 0 Å². The average molecular weight is 116 g/mol. The van der Waals surface area contributed by atoms with Gasteiger partial charge in [0, 0.05) is 6.42 Å². The van der Waals surface area contributed by atoms with Crippen LogP contribution in [0.2, 0.25) is 0 Å². The van der Waals surface area contributed by atoms with Crippen molar-refractivity contribution >= 4 is 12.6 Å². The summed E-state index contributed by atoms with van der Waals surface area (Å²) < 4.78 is 0. The molecule has 0 aliphatic heterocycles. The number of hydrogen-bond donors (Lipinski definition) is 2. The fourth-order valence-electron chi connectivity index (χ4n) is 0.193. The topological polar surface area (TPSA) is 20.2 Å². The van der Waals surface area contributed by atoms with E-state index in [1.165, 1.54) is 0 Å². The van der Waals surface area contributed by atoms with E-state index in [9.17, 15) is 0 Å². The van der Waals surface area contributed by atoms with Gasteiger partial charge in [-0.25, -0.2) is 0 Å². The second-order valence-electron chi connectivity index (χ2n) is 1.34. The summed E-state index contributed by atoms with van der Waals surface area (Å²) in [6, 6.07) is 0. The molecule has 0 bridgehead atoms. The number of hydrogen-bond acceptors (Lipinski definition) is 2. The molecule has 1 nitrogen and oxygen atoms in total. The van der Waals surface area contributed by atoms with E-state index in [0.717, 1.165) is 0 Å². The van der Waals surface area contributed by atoms with Crippen molar-refractivity contribution < 1.29 is 5.11 Å². The lowest BCUT2D eigenvalue weighted by Crippen LogP contribution is -1.95. The van der Waals surface area contributed by atoms with Crippen molar-refractivity contribution in [1.29, 1.82) is 0 Å². The predicted octanol–water partition coefficient (Wildman–Crippen LogP) is 0.648. The Bertz CT molecular complexity index is 88.0. The monoisotopic (exact) mass is 116 g/mol. The van der Waals surface area contributed by atoms with Gasteiger partial charge in [0.1, 0.15) is 0 Å². The van der Waals surface area contributed by atoms with Crippen molar-refractivity contribution in [3.05, 3.63) is 0 Å². The highest BCUT2D eigenvalue weighted by Crippen LogP contribution is 1.84. The Kier molecular flexibility index (Phi) is 3.97. The summed E-state index contributed by atoms with van der Waals surface area (Å²) in [6.45, 7) is 1.69. The molecule has 0 saturated heterocycles. The zero-order valence-corrected chi connectivity index (χ0v) is 5.07. The molecule has 0 aromatic rings. The van der Waals surface area contributed by atoms with Crippen molar-refractivity contribution in [2.24, 2.45) is 0 Å². The molecule has 40 valence electrons. The van der Waals surface area contributed by atoms with E-state index in [2.05, 4.69) is 23.8 Å². The minimum absolute atomic E-state index is 0.320. The van der Waals surface area contributed by atoms with E-state index in [1.807, 2.05) is 0 Å². The molecule has 0 aliphatic carbocycles.